The lowest BCUT2D eigenvalue weighted by molar-refractivity contribution is 0.0516. The van der Waals surface area contributed by atoms with Crippen molar-refractivity contribution >= 4 is 11.6 Å². The van der Waals surface area contributed by atoms with E-state index in [4.69, 9.17) is 19.3 Å². The van der Waals surface area contributed by atoms with Gasteiger partial charge in [-0.3, -0.25) is 0 Å². The summed E-state index contributed by atoms with van der Waals surface area (Å²) in [7, 11) is 3.19. The first-order valence-corrected chi connectivity index (χ1v) is 9.08. The van der Waals surface area contributed by atoms with E-state index in [9.17, 15) is 4.79 Å². The van der Waals surface area contributed by atoms with Crippen molar-refractivity contribution in [3.05, 3.63) is 35.3 Å². The SMILES string of the molecule is CCOC(=O)c1nnc2c(-c3ccc(OC)c(OC)c3)c(C(C)C)nn2c1C. The fourth-order valence-electron chi connectivity index (χ4n) is 3.08. The number of esters is 1. The minimum atomic E-state index is -0.510. The number of rotatable bonds is 6. The topological polar surface area (TPSA) is 87.8 Å². The van der Waals surface area contributed by atoms with Gasteiger partial charge in [-0.15, -0.1) is 10.2 Å². The molecule has 0 aliphatic carbocycles. The van der Waals surface area contributed by atoms with E-state index in [2.05, 4.69) is 24.0 Å². The van der Waals surface area contributed by atoms with Gasteiger partial charge in [-0.1, -0.05) is 19.9 Å². The molecule has 0 bridgehead atoms. The van der Waals surface area contributed by atoms with Crippen LogP contribution in [0.5, 0.6) is 11.5 Å². The zero-order valence-electron chi connectivity index (χ0n) is 16.9. The zero-order valence-corrected chi connectivity index (χ0v) is 16.9. The predicted molar refractivity (Wildman–Crippen MR) is 104 cm³/mol. The number of carbonyl (C=O) groups is 1. The second-order valence-corrected chi connectivity index (χ2v) is 6.57. The van der Waals surface area contributed by atoms with Gasteiger partial charge in [0.2, 0.25) is 0 Å². The van der Waals surface area contributed by atoms with E-state index < -0.39 is 5.97 Å². The number of aryl methyl sites for hydroxylation is 1. The first-order chi connectivity index (χ1) is 13.4. The maximum absolute atomic E-state index is 12.2. The Bertz CT molecular complexity index is 1030. The van der Waals surface area contributed by atoms with Crippen LogP contribution in [0.1, 0.15) is 48.6 Å². The molecule has 148 valence electrons. The van der Waals surface area contributed by atoms with E-state index in [1.807, 2.05) is 18.2 Å². The van der Waals surface area contributed by atoms with Crippen LogP contribution in [-0.4, -0.2) is 46.6 Å². The number of carbonyl (C=O) groups excluding carboxylic acids is 1. The molecule has 0 fully saturated rings. The van der Waals surface area contributed by atoms with Crippen LogP contribution in [0.25, 0.3) is 16.8 Å². The van der Waals surface area contributed by atoms with E-state index in [0.29, 0.717) is 22.8 Å². The Hall–Kier alpha value is -3.16. The molecule has 0 unspecified atom stereocenters. The van der Waals surface area contributed by atoms with Crippen molar-refractivity contribution in [2.75, 3.05) is 20.8 Å². The average molecular weight is 384 g/mol. The van der Waals surface area contributed by atoms with Crippen molar-refractivity contribution in [1.82, 2.24) is 19.8 Å². The van der Waals surface area contributed by atoms with Crippen LogP contribution >= 0.6 is 0 Å². The number of ether oxygens (including phenoxy) is 3. The molecule has 2 aromatic heterocycles. The number of nitrogens with zero attached hydrogens (tertiary/aromatic N) is 4. The summed E-state index contributed by atoms with van der Waals surface area (Å²) in [6.07, 6.45) is 0. The van der Waals surface area contributed by atoms with Gasteiger partial charge in [0.1, 0.15) is 0 Å². The maximum Gasteiger partial charge on any atom is 0.360 e. The molecule has 0 aliphatic rings. The summed E-state index contributed by atoms with van der Waals surface area (Å²) in [5.41, 5.74) is 3.89. The van der Waals surface area contributed by atoms with E-state index in [0.717, 1.165) is 16.8 Å². The lowest BCUT2D eigenvalue weighted by Crippen LogP contribution is -2.14. The first-order valence-electron chi connectivity index (χ1n) is 9.08. The van der Waals surface area contributed by atoms with Crippen molar-refractivity contribution < 1.29 is 19.0 Å². The highest BCUT2D eigenvalue weighted by Crippen LogP contribution is 2.37. The minimum Gasteiger partial charge on any atom is -0.493 e. The van der Waals surface area contributed by atoms with E-state index in [1.54, 1.807) is 32.6 Å². The van der Waals surface area contributed by atoms with Crippen molar-refractivity contribution in [3.8, 4) is 22.6 Å². The van der Waals surface area contributed by atoms with Crippen LogP contribution in [0.15, 0.2) is 18.2 Å². The molecule has 0 N–H and O–H groups in total. The van der Waals surface area contributed by atoms with E-state index in [1.165, 1.54) is 0 Å². The molecule has 0 aliphatic heterocycles. The molecular formula is C20H24N4O4. The molecule has 2 heterocycles. The zero-order chi connectivity index (χ0) is 20.4. The number of methoxy groups -OCH3 is 2. The highest BCUT2D eigenvalue weighted by atomic mass is 16.5. The summed E-state index contributed by atoms with van der Waals surface area (Å²) in [6, 6.07) is 5.66. The first kappa shape index (κ1) is 19.6. The fraction of sp³-hybridized carbons (Fsp3) is 0.400. The Balaban J connectivity index is 2.26. The van der Waals surface area contributed by atoms with Crippen LogP contribution in [0.2, 0.25) is 0 Å². The third-order valence-electron chi connectivity index (χ3n) is 4.48. The van der Waals surface area contributed by atoms with Gasteiger partial charge in [0.15, 0.2) is 22.8 Å². The number of hydrogen-bond acceptors (Lipinski definition) is 7. The Kier molecular flexibility index (Phi) is 5.48. The molecule has 0 spiro atoms. The van der Waals surface area contributed by atoms with Crippen LogP contribution in [0.3, 0.4) is 0 Å². The van der Waals surface area contributed by atoms with Crippen molar-refractivity contribution in [1.29, 1.82) is 0 Å². The molecule has 0 saturated carbocycles. The minimum absolute atomic E-state index is 0.134. The number of fused-ring (bicyclic) bond motifs is 1. The molecule has 1 aromatic carbocycles. The highest BCUT2D eigenvalue weighted by Gasteiger charge is 2.24. The van der Waals surface area contributed by atoms with Crippen LogP contribution in [0, 0.1) is 6.92 Å². The Morgan fingerprint density at radius 3 is 2.46 bits per heavy atom. The molecular weight excluding hydrogens is 360 g/mol. The van der Waals surface area contributed by atoms with Gasteiger partial charge in [-0.2, -0.15) is 5.10 Å². The number of hydrogen-bond donors (Lipinski definition) is 0. The van der Waals surface area contributed by atoms with Crippen LogP contribution in [0.4, 0.5) is 0 Å². The molecule has 0 atom stereocenters. The van der Waals surface area contributed by atoms with E-state index in [-0.39, 0.29) is 18.2 Å². The van der Waals surface area contributed by atoms with E-state index >= 15 is 0 Å². The van der Waals surface area contributed by atoms with Gasteiger partial charge < -0.3 is 14.2 Å². The molecule has 0 saturated heterocycles. The maximum atomic E-state index is 12.2. The summed E-state index contributed by atoms with van der Waals surface area (Å²) in [6.45, 7) is 7.91. The second kappa shape index (κ2) is 7.84. The summed E-state index contributed by atoms with van der Waals surface area (Å²) in [5.74, 6) is 0.876. The summed E-state index contributed by atoms with van der Waals surface area (Å²) in [4.78, 5) is 12.2. The van der Waals surface area contributed by atoms with Crippen LogP contribution < -0.4 is 9.47 Å². The third kappa shape index (κ3) is 3.26. The molecule has 3 rings (SSSR count). The Morgan fingerprint density at radius 2 is 1.86 bits per heavy atom. The van der Waals surface area contributed by atoms with Gasteiger partial charge in [-0.05, 0) is 37.5 Å². The van der Waals surface area contributed by atoms with Crippen molar-refractivity contribution in [2.45, 2.75) is 33.6 Å². The lowest BCUT2D eigenvalue weighted by atomic mass is 9.99. The second-order valence-electron chi connectivity index (χ2n) is 6.57. The largest absolute Gasteiger partial charge is 0.493 e. The molecule has 8 nitrogen and oxygen atoms in total. The lowest BCUT2D eigenvalue weighted by Gasteiger charge is -2.11. The van der Waals surface area contributed by atoms with Gasteiger partial charge >= 0.3 is 5.97 Å². The molecule has 0 amide bonds. The predicted octanol–water partition coefficient (Wildman–Crippen LogP) is 3.42. The average Bonchev–Trinajstić information content (AvgIpc) is 3.08. The number of benzene rings is 1. The normalized spacial score (nSPS) is 11.1. The Labute approximate surface area is 163 Å². The quantitative estimate of drug-likeness (QED) is 0.602. The monoisotopic (exact) mass is 384 g/mol. The van der Waals surface area contributed by atoms with Crippen molar-refractivity contribution in [2.24, 2.45) is 0 Å². The smallest absolute Gasteiger partial charge is 0.360 e. The Morgan fingerprint density at radius 1 is 1.14 bits per heavy atom. The third-order valence-corrected chi connectivity index (χ3v) is 4.48. The van der Waals surface area contributed by atoms with Gasteiger partial charge in [0, 0.05) is 0 Å². The molecule has 0 radical (unpaired) electrons. The summed E-state index contributed by atoms with van der Waals surface area (Å²) >= 11 is 0. The van der Waals surface area contributed by atoms with Gasteiger partial charge in [0.25, 0.3) is 0 Å². The standard InChI is InChI=1S/C20H24N4O4/c1-7-28-20(25)18-12(4)24-19(22-21-18)16(17(23-24)11(2)3)13-8-9-14(26-5)15(10-13)27-6/h8-11H,7H2,1-6H3. The summed E-state index contributed by atoms with van der Waals surface area (Å²) in [5, 5.41) is 13.1. The fourth-order valence-corrected chi connectivity index (χ4v) is 3.08. The van der Waals surface area contributed by atoms with Crippen molar-refractivity contribution in [3.63, 3.8) is 0 Å². The van der Waals surface area contributed by atoms with Crippen LogP contribution in [-0.2, 0) is 4.74 Å². The highest BCUT2D eigenvalue weighted by molar-refractivity contribution is 5.89. The van der Waals surface area contributed by atoms with Gasteiger partial charge in [-0.25, -0.2) is 9.31 Å². The summed E-state index contributed by atoms with van der Waals surface area (Å²) < 4.78 is 17.5. The van der Waals surface area contributed by atoms with Gasteiger partial charge in [0.05, 0.1) is 37.8 Å². The molecule has 8 heteroatoms. The number of aromatic nitrogens is 4. The molecule has 28 heavy (non-hydrogen) atoms. The molecule has 3 aromatic rings.